The molecule has 0 amide bonds. The molecule has 0 atom stereocenters. The summed E-state index contributed by atoms with van der Waals surface area (Å²) < 4.78 is 34.3. The summed E-state index contributed by atoms with van der Waals surface area (Å²) in [7, 11) is 1.26. The van der Waals surface area contributed by atoms with Gasteiger partial charge in [0.15, 0.2) is 0 Å². The molecule has 2 N–H and O–H groups in total. The van der Waals surface area contributed by atoms with E-state index in [-0.39, 0.29) is 17.9 Å². The van der Waals surface area contributed by atoms with Gasteiger partial charge in [-0.05, 0) is 18.2 Å². The zero-order valence-electron chi connectivity index (χ0n) is 12.5. The van der Waals surface area contributed by atoms with Crippen LogP contribution in [0, 0.1) is 11.6 Å². The van der Waals surface area contributed by atoms with Gasteiger partial charge in [-0.15, -0.1) is 0 Å². The summed E-state index contributed by atoms with van der Waals surface area (Å²) in [5.41, 5.74) is -1.91. The lowest BCUT2D eigenvalue weighted by atomic mass is 10.2. The lowest BCUT2D eigenvalue weighted by molar-refractivity contribution is 0.0433. The van der Waals surface area contributed by atoms with Gasteiger partial charge in [-0.25, -0.2) is 9.18 Å². The zero-order valence-corrected chi connectivity index (χ0v) is 14.1. The van der Waals surface area contributed by atoms with Crippen LogP contribution in [-0.2, 0) is 11.8 Å². The standard InChI is InChI=1S/C15H13BrF2N2O4/c1-20-7-9(15(23)24-5-4-21)13(12(18)14(20)22)19-11-3-2-8(16)6-10(11)17/h2-3,6-7,19,21H,4-5H2,1H3. The van der Waals surface area contributed by atoms with Gasteiger partial charge in [-0.1, -0.05) is 15.9 Å². The number of nitrogens with zero attached hydrogens (tertiary/aromatic N) is 1. The number of carbonyl (C=O) groups is 1. The van der Waals surface area contributed by atoms with Crippen LogP contribution in [0.3, 0.4) is 0 Å². The molecular formula is C15H13BrF2N2O4. The number of pyridine rings is 1. The van der Waals surface area contributed by atoms with Crippen LogP contribution in [0.4, 0.5) is 20.2 Å². The first kappa shape index (κ1) is 18.1. The molecule has 0 aliphatic heterocycles. The molecule has 0 radical (unpaired) electrons. The van der Waals surface area contributed by atoms with E-state index < -0.39 is 35.5 Å². The summed E-state index contributed by atoms with van der Waals surface area (Å²) in [6.07, 6.45) is 1.07. The van der Waals surface area contributed by atoms with Gasteiger partial charge in [-0.2, -0.15) is 4.39 Å². The van der Waals surface area contributed by atoms with E-state index in [0.717, 1.165) is 16.8 Å². The number of halogens is 3. The Balaban J connectivity index is 2.52. The monoisotopic (exact) mass is 402 g/mol. The zero-order chi connectivity index (χ0) is 17.9. The molecule has 2 rings (SSSR count). The number of aryl methyl sites for hydroxylation is 1. The van der Waals surface area contributed by atoms with E-state index in [0.29, 0.717) is 4.47 Å². The SMILES string of the molecule is Cn1cc(C(=O)OCCO)c(Nc2ccc(Br)cc2F)c(F)c1=O. The Kier molecular flexibility index (Phi) is 5.68. The Labute approximate surface area is 143 Å². The van der Waals surface area contributed by atoms with E-state index in [4.69, 9.17) is 9.84 Å². The number of anilines is 2. The van der Waals surface area contributed by atoms with Crippen LogP contribution in [0.5, 0.6) is 0 Å². The average molecular weight is 403 g/mol. The summed E-state index contributed by atoms with van der Waals surface area (Å²) in [6, 6.07) is 3.97. The molecular weight excluding hydrogens is 390 g/mol. The van der Waals surface area contributed by atoms with Crippen molar-refractivity contribution in [3.05, 3.63) is 56.4 Å². The number of hydrogen-bond acceptors (Lipinski definition) is 5. The lowest BCUT2D eigenvalue weighted by Crippen LogP contribution is -2.25. The van der Waals surface area contributed by atoms with Crippen LogP contribution >= 0.6 is 15.9 Å². The minimum Gasteiger partial charge on any atom is -0.460 e. The quantitative estimate of drug-likeness (QED) is 0.750. The van der Waals surface area contributed by atoms with Crippen molar-refractivity contribution in [1.29, 1.82) is 0 Å². The molecule has 1 aromatic heterocycles. The minimum atomic E-state index is -1.25. The summed E-state index contributed by atoms with van der Waals surface area (Å²) >= 11 is 3.09. The van der Waals surface area contributed by atoms with Gasteiger partial charge in [0.1, 0.15) is 18.0 Å². The number of aliphatic hydroxyl groups excluding tert-OH is 1. The smallest absolute Gasteiger partial charge is 0.341 e. The number of nitrogens with one attached hydrogen (secondary N) is 1. The Morgan fingerprint density at radius 2 is 2.12 bits per heavy atom. The fourth-order valence-electron chi connectivity index (χ4n) is 1.92. The second kappa shape index (κ2) is 7.54. The predicted molar refractivity (Wildman–Crippen MR) is 86.4 cm³/mol. The van der Waals surface area contributed by atoms with E-state index in [9.17, 15) is 18.4 Å². The first-order valence-corrected chi connectivity index (χ1v) is 7.53. The number of carbonyl (C=O) groups excluding carboxylic acids is 1. The van der Waals surface area contributed by atoms with Crippen molar-refractivity contribution in [1.82, 2.24) is 4.57 Å². The maximum atomic E-state index is 14.3. The van der Waals surface area contributed by atoms with Crippen molar-refractivity contribution in [2.24, 2.45) is 7.05 Å². The molecule has 0 aliphatic rings. The predicted octanol–water partition coefficient (Wildman–Crippen LogP) is 2.32. The Morgan fingerprint density at radius 1 is 1.42 bits per heavy atom. The van der Waals surface area contributed by atoms with Crippen LogP contribution in [0.25, 0.3) is 0 Å². The van der Waals surface area contributed by atoms with Crippen LogP contribution in [0.1, 0.15) is 10.4 Å². The van der Waals surface area contributed by atoms with Crippen LogP contribution in [0.15, 0.2) is 33.7 Å². The highest BCUT2D eigenvalue weighted by Gasteiger charge is 2.22. The highest BCUT2D eigenvalue weighted by molar-refractivity contribution is 9.10. The molecule has 0 saturated heterocycles. The van der Waals surface area contributed by atoms with Gasteiger partial charge >= 0.3 is 5.97 Å². The minimum absolute atomic E-state index is 0.124. The second-order valence-corrected chi connectivity index (χ2v) is 5.67. The van der Waals surface area contributed by atoms with Crippen molar-refractivity contribution in [3.63, 3.8) is 0 Å². The number of ether oxygens (including phenoxy) is 1. The number of aromatic nitrogens is 1. The molecule has 128 valence electrons. The van der Waals surface area contributed by atoms with Crippen LogP contribution < -0.4 is 10.9 Å². The summed E-state index contributed by atoms with van der Waals surface area (Å²) in [5, 5.41) is 11.1. The molecule has 0 fully saturated rings. The largest absolute Gasteiger partial charge is 0.460 e. The van der Waals surface area contributed by atoms with Gasteiger partial charge < -0.3 is 19.7 Å². The third-order valence-electron chi connectivity index (χ3n) is 3.05. The highest BCUT2D eigenvalue weighted by Crippen LogP contribution is 2.26. The lowest BCUT2D eigenvalue weighted by Gasteiger charge is -2.14. The van der Waals surface area contributed by atoms with Crippen molar-refractivity contribution >= 4 is 33.3 Å². The summed E-state index contributed by atoms with van der Waals surface area (Å²) in [6.45, 7) is -0.709. The molecule has 6 nitrogen and oxygen atoms in total. The number of esters is 1. The Morgan fingerprint density at radius 3 is 2.75 bits per heavy atom. The fraction of sp³-hybridized carbons (Fsp3) is 0.200. The van der Waals surface area contributed by atoms with Crippen LogP contribution in [-0.4, -0.2) is 28.9 Å². The number of hydrogen-bond donors (Lipinski definition) is 2. The van der Waals surface area contributed by atoms with Gasteiger partial charge in [0.2, 0.25) is 5.82 Å². The molecule has 1 aromatic carbocycles. The summed E-state index contributed by atoms with van der Waals surface area (Å²) in [5.74, 6) is -2.92. The molecule has 24 heavy (non-hydrogen) atoms. The van der Waals surface area contributed by atoms with Gasteiger partial charge in [0, 0.05) is 17.7 Å². The van der Waals surface area contributed by atoms with E-state index >= 15 is 0 Å². The van der Waals surface area contributed by atoms with Crippen LogP contribution in [0.2, 0.25) is 0 Å². The molecule has 9 heteroatoms. The maximum Gasteiger partial charge on any atom is 0.341 e. The number of benzene rings is 1. The van der Waals surface area contributed by atoms with Gasteiger partial charge in [0.25, 0.3) is 5.56 Å². The number of aliphatic hydroxyl groups is 1. The third-order valence-corrected chi connectivity index (χ3v) is 3.55. The van der Waals surface area contributed by atoms with E-state index in [1.54, 1.807) is 0 Å². The summed E-state index contributed by atoms with van der Waals surface area (Å²) in [4.78, 5) is 23.8. The molecule has 0 saturated carbocycles. The fourth-order valence-corrected chi connectivity index (χ4v) is 2.25. The molecule has 1 heterocycles. The van der Waals surface area contributed by atoms with E-state index in [1.807, 2.05) is 0 Å². The first-order chi connectivity index (χ1) is 11.3. The van der Waals surface area contributed by atoms with Crippen molar-refractivity contribution in [3.8, 4) is 0 Å². The Bertz CT molecular complexity index is 839. The van der Waals surface area contributed by atoms with Gasteiger partial charge in [-0.3, -0.25) is 4.79 Å². The topological polar surface area (TPSA) is 80.6 Å². The molecule has 0 aliphatic carbocycles. The maximum absolute atomic E-state index is 14.3. The third kappa shape index (κ3) is 3.80. The molecule has 0 bridgehead atoms. The van der Waals surface area contributed by atoms with E-state index in [2.05, 4.69) is 21.2 Å². The van der Waals surface area contributed by atoms with Crippen molar-refractivity contribution < 1.29 is 23.4 Å². The van der Waals surface area contributed by atoms with Gasteiger partial charge in [0.05, 0.1) is 18.0 Å². The molecule has 0 unspecified atom stereocenters. The average Bonchev–Trinajstić information content (AvgIpc) is 2.54. The first-order valence-electron chi connectivity index (χ1n) is 6.74. The van der Waals surface area contributed by atoms with E-state index in [1.165, 1.54) is 19.2 Å². The molecule has 0 spiro atoms. The molecule has 2 aromatic rings. The van der Waals surface area contributed by atoms with Crippen molar-refractivity contribution in [2.75, 3.05) is 18.5 Å². The highest BCUT2D eigenvalue weighted by atomic mass is 79.9. The van der Waals surface area contributed by atoms with Crippen molar-refractivity contribution in [2.45, 2.75) is 0 Å². The number of rotatable bonds is 5. The normalized spacial score (nSPS) is 10.5. The Hall–Kier alpha value is -2.26. The second-order valence-electron chi connectivity index (χ2n) is 4.76.